The van der Waals surface area contributed by atoms with Gasteiger partial charge in [-0.3, -0.25) is 14.9 Å². The second-order valence-corrected chi connectivity index (χ2v) is 6.18. The number of carbonyl (C=O) groups excluding carboxylic acids is 1. The summed E-state index contributed by atoms with van der Waals surface area (Å²) in [6, 6.07) is 15.3. The second kappa shape index (κ2) is 6.95. The number of benzene rings is 2. The van der Waals surface area contributed by atoms with Gasteiger partial charge in [-0.1, -0.05) is 18.2 Å². The van der Waals surface area contributed by atoms with E-state index in [1.54, 1.807) is 24.4 Å². The Hall–Kier alpha value is -4.01. The van der Waals surface area contributed by atoms with Gasteiger partial charge in [-0.15, -0.1) is 0 Å². The number of rotatable bonds is 5. The largest absolute Gasteiger partial charge is 0.343 e. The van der Waals surface area contributed by atoms with Crippen molar-refractivity contribution >= 4 is 22.6 Å². The molecule has 0 bridgehead atoms. The summed E-state index contributed by atoms with van der Waals surface area (Å²) in [5, 5.41) is 17.9. The first-order valence-electron chi connectivity index (χ1n) is 8.52. The van der Waals surface area contributed by atoms with Crippen LogP contribution in [0.5, 0.6) is 0 Å². The number of fused-ring (bicyclic) bond motifs is 1. The molecule has 1 N–H and O–H groups in total. The van der Waals surface area contributed by atoms with Gasteiger partial charge in [0, 0.05) is 25.4 Å². The molecule has 0 saturated carbocycles. The molecule has 9 heteroatoms. The number of nitro groups is 1. The lowest BCUT2D eigenvalue weighted by Crippen LogP contribution is -2.25. The normalized spacial score (nSPS) is 10.9. The Labute approximate surface area is 159 Å². The van der Waals surface area contributed by atoms with E-state index in [0.29, 0.717) is 5.69 Å². The highest BCUT2D eigenvalue weighted by Crippen LogP contribution is 2.17. The van der Waals surface area contributed by atoms with Crippen LogP contribution in [0.15, 0.2) is 60.8 Å². The van der Waals surface area contributed by atoms with Crippen LogP contribution >= 0.6 is 0 Å². The minimum absolute atomic E-state index is 0.0409. The maximum Gasteiger partial charge on any atom is 0.272 e. The average molecular weight is 376 g/mol. The van der Waals surface area contributed by atoms with Gasteiger partial charge < -0.3 is 9.88 Å². The minimum atomic E-state index is -0.475. The number of non-ortho nitro benzene ring substituents is 1. The van der Waals surface area contributed by atoms with Gasteiger partial charge in [0.2, 0.25) is 0 Å². The van der Waals surface area contributed by atoms with Gasteiger partial charge >= 0.3 is 0 Å². The van der Waals surface area contributed by atoms with E-state index in [1.807, 2.05) is 35.9 Å². The standard InChI is InChI=1S/C19H16N6O3/c1-23-17-8-3-2-7-15(17)21-18(23)12-20-19(26)16-9-10-24(22-16)13-5-4-6-14(11-13)25(27)28/h2-11H,12H2,1H3,(H,20,26). The van der Waals surface area contributed by atoms with Crippen LogP contribution in [-0.4, -0.2) is 30.2 Å². The van der Waals surface area contributed by atoms with Crippen LogP contribution in [0.4, 0.5) is 5.69 Å². The van der Waals surface area contributed by atoms with Gasteiger partial charge in [0.05, 0.1) is 28.2 Å². The van der Waals surface area contributed by atoms with E-state index in [2.05, 4.69) is 15.4 Å². The summed E-state index contributed by atoms with van der Waals surface area (Å²) in [5.74, 6) is 0.379. The van der Waals surface area contributed by atoms with Gasteiger partial charge in [-0.25, -0.2) is 9.67 Å². The van der Waals surface area contributed by atoms with Crippen molar-refractivity contribution in [1.29, 1.82) is 0 Å². The van der Waals surface area contributed by atoms with Crippen LogP contribution in [0.1, 0.15) is 16.3 Å². The van der Waals surface area contributed by atoms with Gasteiger partial charge in [0.1, 0.15) is 5.82 Å². The molecule has 2 aromatic carbocycles. The second-order valence-electron chi connectivity index (χ2n) is 6.18. The van der Waals surface area contributed by atoms with Crippen LogP contribution in [0.25, 0.3) is 16.7 Å². The number of hydrogen-bond donors (Lipinski definition) is 1. The smallest absolute Gasteiger partial charge is 0.272 e. The summed E-state index contributed by atoms with van der Waals surface area (Å²) < 4.78 is 3.36. The van der Waals surface area contributed by atoms with Gasteiger partial charge in [-0.2, -0.15) is 5.10 Å². The Morgan fingerprint density at radius 2 is 2.00 bits per heavy atom. The van der Waals surface area contributed by atoms with Crippen molar-refractivity contribution in [2.24, 2.45) is 7.05 Å². The zero-order valence-corrected chi connectivity index (χ0v) is 14.9. The zero-order valence-electron chi connectivity index (χ0n) is 14.9. The number of nitro benzene ring substituents is 1. The summed E-state index contributed by atoms with van der Waals surface area (Å²) in [6.07, 6.45) is 1.59. The third kappa shape index (κ3) is 3.20. The topological polar surface area (TPSA) is 108 Å². The van der Waals surface area contributed by atoms with E-state index in [1.165, 1.54) is 16.8 Å². The maximum atomic E-state index is 12.4. The van der Waals surface area contributed by atoms with Crippen LogP contribution in [0.3, 0.4) is 0 Å². The quantitative estimate of drug-likeness (QED) is 0.425. The Morgan fingerprint density at radius 1 is 1.18 bits per heavy atom. The molecule has 0 spiro atoms. The van der Waals surface area contributed by atoms with Crippen molar-refractivity contribution in [2.75, 3.05) is 0 Å². The zero-order chi connectivity index (χ0) is 19.7. The first kappa shape index (κ1) is 17.4. The van der Waals surface area contributed by atoms with Crippen molar-refractivity contribution in [3.63, 3.8) is 0 Å². The fraction of sp³-hybridized carbons (Fsp3) is 0.105. The van der Waals surface area contributed by atoms with Gasteiger partial charge in [0.25, 0.3) is 11.6 Å². The molecule has 0 aliphatic carbocycles. The maximum absolute atomic E-state index is 12.4. The third-order valence-electron chi connectivity index (χ3n) is 4.41. The predicted octanol–water partition coefficient (Wildman–Crippen LogP) is 2.60. The lowest BCUT2D eigenvalue weighted by molar-refractivity contribution is -0.384. The van der Waals surface area contributed by atoms with Crippen LogP contribution in [0, 0.1) is 10.1 Å². The van der Waals surface area contributed by atoms with Crippen molar-refractivity contribution in [1.82, 2.24) is 24.6 Å². The van der Waals surface area contributed by atoms with E-state index in [-0.39, 0.29) is 23.8 Å². The fourth-order valence-corrected chi connectivity index (χ4v) is 2.94. The first-order chi connectivity index (χ1) is 13.5. The number of aromatic nitrogens is 4. The van der Waals surface area contributed by atoms with E-state index in [4.69, 9.17) is 0 Å². The number of amides is 1. The van der Waals surface area contributed by atoms with Crippen molar-refractivity contribution in [2.45, 2.75) is 6.54 Å². The number of carbonyl (C=O) groups is 1. The minimum Gasteiger partial charge on any atom is -0.343 e. The summed E-state index contributed by atoms with van der Waals surface area (Å²) in [7, 11) is 1.90. The number of nitrogens with one attached hydrogen (secondary N) is 1. The first-order valence-corrected chi connectivity index (χ1v) is 8.52. The van der Waals surface area contributed by atoms with Crippen LogP contribution < -0.4 is 5.32 Å². The average Bonchev–Trinajstić information content (AvgIpc) is 3.32. The molecule has 4 rings (SSSR count). The lowest BCUT2D eigenvalue weighted by atomic mass is 10.3. The van der Waals surface area contributed by atoms with Crippen molar-refractivity contribution < 1.29 is 9.72 Å². The monoisotopic (exact) mass is 376 g/mol. The number of aryl methyl sites for hydroxylation is 1. The summed E-state index contributed by atoms with van der Waals surface area (Å²) in [5.41, 5.74) is 2.53. The van der Waals surface area contributed by atoms with Crippen molar-refractivity contribution in [3.05, 3.63) is 82.4 Å². The molecule has 0 saturated heterocycles. The molecule has 1 amide bonds. The summed E-state index contributed by atoms with van der Waals surface area (Å²) in [6.45, 7) is 0.258. The van der Waals surface area contributed by atoms with Crippen molar-refractivity contribution in [3.8, 4) is 5.69 Å². The highest BCUT2D eigenvalue weighted by molar-refractivity contribution is 5.92. The predicted molar refractivity (Wildman–Crippen MR) is 102 cm³/mol. The molecule has 0 radical (unpaired) electrons. The van der Waals surface area contributed by atoms with E-state index >= 15 is 0 Å². The molecule has 0 unspecified atom stereocenters. The highest BCUT2D eigenvalue weighted by Gasteiger charge is 2.14. The van der Waals surface area contributed by atoms with Crippen LogP contribution in [-0.2, 0) is 13.6 Å². The van der Waals surface area contributed by atoms with Gasteiger partial charge in [-0.05, 0) is 24.3 Å². The Bertz CT molecular complexity index is 1190. The lowest BCUT2D eigenvalue weighted by Gasteiger charge is -2.04. The van der Waals surface area contributed by atoms with Gasteiger partial charge in [0.15, 0.2) is 5.69 Å². The molecule has 0 atom stereocenters. The summed E-state index contributed by atoms with van der Waals surface area (Å²) >= 11 is 0. The molecule has 2 heterocycles. The highest BCUT2D eigenvalue weighted by atomic mass is 16.6. The molecule has 28 heavy (non-hydrogen) atoms. The Balaban J connectivity index is 1.49. The molecule has 9 nitrogen and oxygen atoms in total. The molecular weight excluding hydrogens is 360 g/mol. The fourth-order valence-electron chi connectivity index (χ4n) is 2.94. The van der Waals surface area contributed by atoms with E-state index in [0.717, 1.165) is 16.9 Å². The molecule has 0 fully saturated rings. The molecule has 0 aliphatic rings. The number of para-hydroxylation sites is 2. The molecule has 2 aromatic heterocycles. The molecule has 0 aliphatic heterocycles. The number of hydrogen-bond acceptors (Lipinski definition) is 5. The van der Waals surface area contributed by atoms with E-state index in [9.17, 15) is 14.9 Å². The van der Waals surface area contributed by atoms with E-state index < -0.39 is 4.92 Å². The SMILES string of the molecule is Cn1c(CNC(=O)c2ccn(-c3cccc([N+](=O)[O-])c3)n2)nc2ccccc21. The number of imidazole rings is 1. The molecule has 4 aromatic rings. The third-order valence-corrected chi connectivity index (χ3v) is 4.41. The Kier molecular flexibility index (Phi) is 4.32. The van der Waals surface area contributed by atoms with Crippen LogP contribution in [0.2, 0.25) is 0 Å². The Morgan fingerprint density at radius 3 is 2.79 bits per heavy atom. The summed E-state index contributed by atoms with van der Waals surface area (Å²) in [4.78, 5) is 27.4. The molecule has 140 valence electrons. The molecular formula is C19H16N6O3. The number of nitrogens with zero attached hydrogens (tertiary/aromatic N) is 5.